The van der Waals surface area contributed by atoms with Crippen LogP contribution in [0, 0.1) is 18.6 Å². The normalized spacial score (nSPS) is 20.7. The molecular formula is C26H32F2N8O2. The molecule has 202 valence electrons. The highest BCUT2D eigenvalue weighted by Crippen LogP contribution is 2.27. The smallest absolute Gasteiger partial charge is 0.224 e. The van der Waals surface area contributed by atoms with Crippen LogP contribution in [0.15, 0.2) is 36.5 Å². The summed E-state index contributed by atoms with van der Waals surface area (Å²) in [5.74, 6) is 0.00301. The molecule has 2 saturated heterocycles. The van der Waals surface area contributed by atoms with E-state index in [4.69, 9.17) is 5.73 Å². The topological polar surface area (TPSA) is 120 Å². The Morgan fingerprint density at radius 2 is 1.76 bits per heavy atom. The third-order valence-electron chi connectivity index (χ3n) is 7.12. The van der Waals surface area contributed by atoms with Gasteiger partial charge in [-0.3, -0.25) is 4.90 Å². The SMILES string of the molecule is Cc1c(/C=C/CN2CCN(c3cc(F)cc(F)c3)CC2)cnn1-c1cc(N2C[C@H](O)C[C@H]2CO)nc(N)n1. The summed E-state index contributed by atoms with van der Waals surface area (Å²) in [7, 11) is 0. The summed E-state index contributed by atoms with van der Waals surface area (Å²) < 4.78 is 28.8. The van der Waals surface area contributed by atoms with E-state index in [2.05, 4.69) is 26.0 Å². The average molecular weight is 527 g/mol. The van der Waals surface area contributed by atoms with E-state index in [-0.39, 0.29) is 18.6 Å². The Morgan fingerprint density at radius 3 is 2.47 bits per heavy atom. The molecule has 0 unspecified atom stereocenters. The molecule has 2 aliphatic rings. The fourth-order valence-electron chi connectivity index (χ4n) is 5.10. The van der Waals surface area contributed by atoms with E-state index in [1.807, 2.05) is 22.8 Å². The number of anilines is 3. The number of hydrogen-bond acceptors (Lipinski definition) is 9. The standard InChI is InChI=1S/C26H32F2N8O2/c1-17-18(3-2-4-33-5-7-34(8-6-33)21-10-19(27)9-20(28)11-21)14-30-36(17)25-13-24(31-26(29)32-25)35-15-23(38)12-22(35)16-37/h2-3,9-11,13-14,22-23,37-38H,4-8,12,15-16H2,1H3,(H2,29,31,32)/b3-2+/t22-,23+/m0/s1. The van der Waals surface area contributed by atoms with E-state index in [0.717, 1.165) is 37.0 Å². The molecule has 5 rings (SSSR count). The molecule has 10 nitrogen and oxygen atoms in total. The van der Waals surface area contributed by atoms with Gasteiger partial charge in [0.2, 0.25) is 5.95 Å². The van der Waals surface area contributed by atoms with Gasteiger partial charge in [-0.15, -0.1) is 0 Å². The number of nitrogens with two attached hydrogens (primary N) is 1. The highest BCUT2D eigenvalue weighted by atomic mass is 19.1. The zero-order chi connectivity index (χ0) is 26.8. The summed E-state index contributed by atoms with van der Waals surface area (Å²) in [4.78, 5) is 14.8. The van der Waals surface area contributed by atoms with E-state index in [9.17, 15) is 19.0 Å². The number of aromatic nitrogens is 4. The third-order valence-corrected chi connectivity index (χ3v) is 7.12. The van der Waals surface area contributed by atoms with Crippen LogP contribution in [-0.4, -0.2) is 92.9 Å². The van der Waals surface area contributed by atoms with Gasteiger partial charge in [0, 0.05) is 62.7 Å². The van der Waals surface area contributed by atoms with Crippen molar-refractivity contribution in [2.45, 2.75) is 25.5 Å². The molecule has 12 heteroatoms. The molecule has 2 atom stereocenters. The molecule has 4 heterocycles. The van der Waals surface area contributed by atoms with Crippen LogP contribution in [-0.2, 0) is 0 Å². The van der Waals surface area contributed by atoms with Crippen molar-refractivity contribution in [1.82, 2.24) is 24.6 Å². The van der Waals surface area contributed by atoms with Crippen LogP contribution < -0.4 is 15.5 Å². The average Bonchev–Trinajstić information content (AvgIpc) is 3.45. The van der Waals surface area contributed by atoms with E-state index in [0.29, 0.717) is 43.4 Å². The summed E-state index contributed by atoms with van der Waals surface area (Å²) in [5.41, 5.74) is 8.37. The minimum atomic E-state index is -0.564. The number of benzene rings is 1. The van der Waals surface area contributed by atoms with Crippen LogP contribution in [0.1, 0.15) is 17.7 Å². The second kappa shape index (κ2) is 11.0. The lowest BCUT2D eigenvalue weighted by Gasteiger charge is -2.35. The molecule has 0 spiro atoms. The maximum absolute atomic E-state index is 13.6. The highest BCUT2D eigenvalue weighted by Gasteiger charge is 2.32. The predicted octanol–water partition coefficient (Wildman–Crippen LogP) is 1.60. The largest absolute Gasteiger partial charge is 0.394 e. The van der Waals surface area contributed by atoms with Crippen LogP contribution in [0.25, 0.3) is 11.9 Å². The van der Waals surface area contributed by atoms with Crippen molar-refractivity contribution < 1.29 is 19.0 Å². The van der Waals surface area contributed by atoms with Crippen LogP contribution in [0.2, 0.25) is 0 Å². The lowest BCUT2D eigenvalue weighted by Crippen LogP contribution is -2.46. The predicted molar refractivity (Wildman–Crippen MR) is 141 cm³/mol. The molecule has 0 amide bonds. The van der Waals surface area contributed by atoms with Gasteiger partial charge in [-0.25, -0.2) is 13.5 Å². The van der Waals surface area contributed by atoms with Crippen LogP contribution >= 0.6 is 0 Å². The van der Waals surface area contributed by atoms with Crippen molar-refractivity contribution in [1.29, 1.82) is 0 Å². The van der Waals surface area contributed by atoms with Crippen molar-refractivity contribution in [2.24, 2.45) is 0 Å². The number of aliphatic hydroxyl groups excluding tert-OH is 2. The molecule has 0 aliphatic carbocycles. The van der Waals surface area contributed by atoms with Gasteiger partial charge in [0.25, 0.3) is 0 Å². The van der Waals surface area contributed by atoms with Crippen molar-refractivity contribution >= 4 is 23.5 Å². The Labute approximate surface area is 219 Å². The first-order valence-electron chi connectivity index (χ1n) is 12.7. The number of hydrogen-bond donors (Lipinski definition) is 3. The highest BCUT2D eigenvalue weighted by molar-refractivity contribution is 5.55. The Morgan fingerprint density at radius 1 is 1.05 bits per heavy atom. The Kier molecular flexibility index (Phi) is 7.54. The van der Waals surface area contributed by atoms with Crippen molar-refractivity contribution in [3.8, 4) is 5.82 Å². The van der Waals surface area contributed by atoms with E-state index < -0.39 is 17.7 Å². The van der Waals surface area contributed by atoms with Gasteiger partial charge in [0.1, 0.15) is 17.5 Å². The van der Waals surface area contributed by atoms with Gasteiger partial charge in [-0.05, 0) is 25.5 Å². The fraction of sp³-hybridized carbons (Fsp3) is 0.423. The fourth-order valence-corrected chi connectivity index (χ4v) is 5.10. The van der Waals surface area contributed by atoms with Crippen LogP contribution in [0.5, 0.6) is 0 Å². The quantitative estimate of drug-likeness (QED) is 0.422. The first kappa shape index (κ1) is 26.0. The molecule has 0 bridgehead atoms. The van der Waals surface area contributed by atoms with E-state index in [1.54, 1.807) is 16.9 Å². The van der Waals surface area contributed by atoms with Gasteiger partial charge < -0.3 is 25.7 Å². The number of nitrogens with zero attached hydrogens (tertiary/aromatic N) is 7. The first-order chi connectivity index (χ1) is 18.3. The summed E-state index contributed by atoms with van der Waals surface area (Å²) in [6, 6.07) is 5.15. The minimum absolute atomic E-state index is 0.0858. The number of aliphatic hydroxyl groups is 2. The van der Waals surface area contributed by atoms with Crippen LogP contribution in [0.3, 0.4) is 0 Å². The first-order valence-corrected chi connectivity index (χ1v) is 12.7. The number of halogens is 2. The molecule has 0 saturated carbocycles. The zero-order valence-electron chi connectivity index (χ0n) is 21.2. The molecule has 38 heavy (non-hydrogen) atoms. The maximum Gasteiger partial charge on any atom is 0.224 e. The maximum atomic E-state index is 13.6. The summed E-state index contributed by atoms with van der Waals surface area (Å²) >= 11 is 0. The van der Waals surface area contributed by atoms with Gasteiger partial charge in [-0.1, -0.05) is 12.2 Å². The summed E-state index contributed by atoms with van der Waals surface area (Å²) in [6.07, 6.45) is 5.77. The Bertz CT molecular complexity index is 1290. The number of rotatable bonds is 7. The van der Waals surface area contributed by atoms with Crippen molar-refractivity contribution in [3.63, 3.8) is 0 Å². The van der Waals surface area contributed by atoms with Crippen molar-refractivity contribution in [3.05, 3.63) is 59.4 Å². The lowest BCUT2D eigenvalue weighted by molar-refractivity contribution is 0.184. The summed E-state index contributed by atoms with van der Waals surface area (Å²) in [6.45, 7) is 5.89. The number of nitrogen functional groups attached to an aromatic ring is 1. The molecule has 2 aliphatic heterocycles. The zero-order valence-corrected chi connectivity index (χ0v) is 21.2. The third kappa shape index (κ3) is 5.62. The molecule has 4 N–H and O–H groups in total. The van der Waals surface area contributed by atoms with Gasteiger partial charge in [0.15, 0.2) is 5.82 Å². The summed E-state index contributed by atoms with van der Waals surface area (Å²) in [5, 5.41) is 24.2. The Balaban J connectivity index is 1.22. The lowest BCUT2D eigenvalue weighted by atomic mass is 10.2. The monoisotopic (exact) mass is 526 g/mol. The molecule has 2 aromatic heterocycles. The second-order valence-electron chi connectivity index (χ2n) is 9.74. The molecular weight excluding hydrogens is 494 g/mol. The molecule has 1 aromatic carbocycles. The molecule has 3 aromatic rings. The molecule has 0 radical (unpaired) electrons. The Hall–Kier alpha value is -3.61. The van der Waals surface area contributed by atoms with E-state index in [1.165, 1.54) is 12.1 Å². The second-order valence-corrected chi connectivity index (χ2v) is 9.74. The number of piperazine rings is 1. The van der Waals surface area contributed by atoms with Gasteiger partial charge >= 0.3 is 0 Å². The van der Waals surface area contributed by atoms with E-state index >= 15 is 0 Å². The van der Waals surface area contributed by atoms with Crippen LogP contribution in [0.4, 0.5) is 26.2 Å². The van der Waals surface area contributed by atoms with Crippen molar-refractivity contribution in [2.75, 3.05) is 61.4 Å². The van der Waals surface area contributed by atoms with Gasteiger partial charge in [0.05, 0.1) is 30.6 Å². The van der Waals surface area contributed by atoms with Gasteiger partial charge in [-0.2, -0.15) is 15.1 Å². The molecule has 2 fully saturated rings. The minimum Gasteiger partial charge on any atom is -0.394 e. The number of β-amino-alcohol motifs (C(OH)–C–C–N with tert-alkyl or cyclic N) is 1.